The number of pyridine rings is 1. The normalized spacial score (nSPS) is 10.8. The van der Waals surface area contributed by atoms with Crippen LogP contribution < -0.4 is 15.3 Å². The summed E-state index contributed by atoms with van der Waals surface area (Å²) in [5.74, 6) is 0.419. The topological polar surface area (TPSA) is 93.1 Å². The Bertz CT molecular complexity index is 1230. The van der Waals surface area contributed by atoms with Crippen molar-refractivity contribution in [2.75, 3.05) is 12.8 Å². The Labute approximate surface area is 162 Å². The molecule has 0 saturated carbocycles. The van der Waals surface area contributed by atoms with E-state index in [-0.39, 0.29) is 0 Å². The zero-order chi connectivity index (χ0) is 19.8. The summed E-state index contributed by atoms with van der Waals surface area (Å²) < 4.78 is 3.47. The third kappa shape index (κ3) is 2.81. The van der Waals surface area contributed by atoms with E-state index in [2.05, 4.69) is 11.1 Å². The van der Waals surface area contributed by atoms with Crippen molar-refractivity contribution in [2.45, 2.75) is 13.8 Å². The van der Waals surface area contributed by atoms with Gasteiger partial charge in [0, 0.05) is 48.0 Å². The van der Waals surface area contributed by atoms with Gasteiger partial charge in [-0.1, -0.05) is 12.1 Å². The number of fused-ring (bicyclic) bond motifs is 1. The van der Waals surface area contributed by atoms with E-state index in [0.717, 1.165) is 33.8 Å². The van der Waals surface area contributed by atoms with Crippen molar-refractivity contribution in [1.82, 2.24) is 14.6 Å². The fraction of sp³-hybridized carbons (Fsp3) is 0.143. The van der Waals surface area contributed by atoms with Gasteiger partial charge >= 0.3 is 0 Å². The number of anilines is 1. The zero-order valence-electron chi connectivity index (χ0n) is 15.8. The van der Waals surface area contributed by atoms with E-state index in [4.69, 9.17) is 15.7 Å². The van der Waals surface area contributed by atoms with Crippen LogP contribution in [0.3, 0.4) is 0 Å². The van der Waals surface area contributed by atoms with Crippen molar-refractivity contribution in [3.05, 3.63) is 65.6 Å². The van der Waals surface area contributed by atoms with Gasteiger partial charge < -0.3 is 5.73 Å². The van der Waals surface area contributed by atoms with E-state index in [0.29, 0.717) is 17.0 Å². The molecule has 4 aromatic rings. The second kappa shape index (κ2) is 6.67. The highest BCUT2D eigenvalue weighted by Gasteiger charge is 2.22. The molecule has 1 aromatic carbocycles. The number of nitrogen functional groups attached to an aromatic ring is 1. The Balaban J connectivity index is 2.06. The van der Waals surface area contributed by atoms with Crippen LogP contribution in [0.15, 0.2) is 48.7 Å². The monoisotopic (exact) mass is 371 g/mol. The minimum Gasteiger partial charge on any atom is -0.384 e. The van der Waals surface area contributed by atoms with E-state index >= 15 is 0 Å². The van der Waals surface area contributed by atoms with E-state index in [9.17, 15) is 5.26 Å². The molecule has 0 amide bonds. The molecule has 3 aromatic heterocycles. The number of nitrogens with zero attached hydrogens (tertiary/aromatic N) is 5. The van der Waals surface area contributed by atoms with Gasteiger partial charge in [0.25, 0.3) is 0 Å². The lowest BCUT2D eigenvalue weighted by Crippen LogP contribution is -2.46. The van der Waals surface area contributed by atoms with E-state index in [1.807, 2.05) is 44.2 Å². The van der Waals surface area contributed by atoms with Gasteiger partial charge in [0.05, 0.1) is 17.2 Å². The molecule has 0 bridgehead atoms. The summed E-state index contributed by atoms with van der Waals surface area (Å²) in [5.41, 5.74) is 12.5. The zero-order valence-corrected chi connectivity index (χ0v) is 15.8. The molecule has 0 unspecified atom stereocenters. The maximum absolute atomic E-state index is 9.28. The Morgan fingerprint density at radius 2 is 1.86 bits per heavy atom. The second-order valence-electron chi connectivity index (χ2n) is 6.54. The third-order valence-corrected chi connectivity index (χ3v) is 4.61. The first-order valence-electron chi connectivity index (χ1n) is 8.75. The number of nitriles is 1. The molecule has 0 radical (unpaired) electrons. The van der Waals surface area contributed by atoms with E-state index in [1.165, 1.54) is 0 Å². The van der Waals surface area contributed by atoms with Gasteiger partial charge in [-0.05, 0) is 18.2 Å². The lowest BCUT2D eigenvalue weighted by molar-refractivity contribution is -0.893. The molecule has 3 heterocycles. The van der Waals surface area contributed by atoms with Crippen LogP contribution in [0.2, 0.25) is 0 Å². The van der Waals surface area contributed by atoms with Gasteiger partial charge in [-0.15, -0.1) is 0 Å². The molecule has 0 aliphatic carbocycles. The highest BCUT2D eigenvalue weighted by atomic mass is 16.6. The summed E-state index contributed by atoms with van der Waals surface area (Å²) in [6.45, 7) is 3.95. The van der Waals surface area contributed by atoms with Gasteiger partial charge in [0.2, 0.25) is 11.4 Å². The summed E-state index contributed by atoms with van der Waals surface area (Å²) in [4.78, 5) is 9.94. The fourth-order valence-corrected chi connectivity index (χ4v) is 3.47. The van der Waals surface area contributed by atoms with E-state index in [1.54, 1.807) is 34.7 Å². The number of benzene rings is 1. The molecular weight excluding hydrogens is 352 g/mol. The summed E-state index contributed by atoms with van der Waals surface area (Å²) in [6, 6.07) is 15.3. The summed E-state index contributed by atoms with van der Waals surface area (Å²) in [7, 11) is 1.63. The molecule has 0 aliphatic heterocycles. The molecule has 4 rings (SSSR count). The van der Waals surface area contributed by atoms with Crippen molar-refractivity contribution < 1.29 is 9.57 Å². The van der Waals surface area contributed by atoms with Gasteiger partial charge in [-0.2, -0.15) is 10.4 Å². The molecule has 0 spiro atoms. The standard InChI is InChI=1S/C21H18N6O/c1-13-9-17(10-14(2)27(13)28-3)19-20(16-6-4-5-15(11-16)12-22)25-26-8-7-18(23)24-21(19)26/h4-11,23H,1-3H3/p+1. The maximum Gasteiger partial charge on any atom is 0.232 e. The van der Waals surface area contributed by atoms with Crippen LogP contribution in [0, 0.1) is 25.2 Å². The number of hydrogen-bond donors (Lipinski definition) is 1. The van der Waals surface area contributed by atoms with Gasteiger partial charge in [-0.25, -0.2) is 9.50 Å². The smallest absolute Gasteiger partial charge is 0.232 e. The van der Waals surface area contributed by atoms with Gasteiger partial charge in [0.1, 0.15) is 18.6 Å². The predicted molar refractivity (Wildman–Crippen MR) is 105 cm³/mol. The lowest BCUT2D eigenvalue weighted by Gasteiger charge is -2.06. The van der Waals surface area contributed by atoms with Crippen molar-refractivity contribution in [3.63, 3.8) is 0 Å². The summed E-state index contributed by atoms with van der Waals surface area (Å²) in [6.07, 6.45) is 1.79. The van der Waals surface area contributed by atoms with Crippen molar-refractivity contribution >= 4 is 11.5 Å². The SMILES string of the molecule is CO[n+]1c(C)cc(-c2c(-c3cccc(C#N)c3)nn3ccc(N)nc23)cc1C. The minimum absolute atomic E-state index is 0.419. The molecule has 2 N–H and O–H groups in total. The quantitative estimate of drug-likeness (QED) is 0.559. The first-order valence-corrected chi connectivity index (χ1v) is 8.75. The first-order chi connectivity index (χ1) is 13.5. The van der Waals surface area contributed by atoms with Crippen LogP contribution in [-0.2, 0) is 0 Å². The molecule has 0 saturated heterocycles. The van der Waals surface area contributed by atoms with Gasteiger partial charge in [0.15, 0.2) is 5.65 Å². The molecule has 0 fully saturated rings. The second-order valence-corrected chi connectivity index (χ2v) is 6.54. The molecule has 28 heavy (non-hydrogen) atoms. The molecular formula is C21H19N6O+. The van der Waals surface area contributed by atoms with Crippen molar-refractivity contribution in [2.24, 2.45) is 0 Å². The van der Waals surface area contributed by atoms with Crippen LogP contribution >= 0.6 is 0 Å². The minimum atomic E-state index is 0.419. The number of aromatic nitrogens is 4. The lowest BCUT2D eigenvalue weighted by atomic mass is 9.99. The highest BCUT2D eigenvalue weighted by molar-refractivity contribution is 5.91. The number of nitrogens with two attached hydrogens (primary N) is 1. The van der Waals surface area contributed by atoms with Crippen LogP contribution in [0.1, 0.15) is 17.0 Å². The molecule has 138 valence electrons. The molecule has 0 atom stereocenters. The van der Waals surface area contributed by atoms with E-state index < -0.39 is 0 Å². The Hall–Kier alpha value is -3.92. The Morgan fingerprint density at radius 3 is 2.54 bits per heavy atom. The Morgan fingerprint density at radius 1 is 1.11 bits per heavy atom. The predicted octanol–water partition coefficient (Wildman–Crippen LogP) is 2.48. The first kappa shape index (κ1) is 17.5. The van der Waals surface area contributed by atoms with Crippen LogP contribution in [-0.4, -0.2) is 21.7 Å². The fourth-order valence-electron chi connectivity index (χ4n) is 3.47. The number of hydrogen-bond acceptors (Lipinski definition) is 5. The van der Waals surface area contributed by atoms with Crippen molar-refractivity contribution in [1.29, 1.82) is 5.26 Å². The van der Waals surface area contributed by atoms with Crippen LogP contribution in [0.5, 0.6) is 0 Å². The number of rotatable bonds is 3. The largest absolute Gasteiger partial charge is 0.384 e. The Kier molecular flexibility index (Phi) is 4.17. The average molecular weight is 371 g/mol. The third-order valence-electron chi connectivity index (χ3n) is 4.61. The van der Waals surface area contributed by atoms with Crippen molar-refractivity contribution in [3.8, 4) is 28.5 Å². The summed E-state index contributed by atoms with van der Waals surface area (Å²) >= 11 is 0. The van der Waals surface area contributed by atoms with Gasteiger partial charge in [-0.3, -0.25) is 4.84 Å². The van der Waals surface area contributed by atoms with Crippen LogP contribution in [0.4, 0.5) is 5.82 Å². The molecule has 7 heteroatoms. The van der Waals surface area contributed by atoms with Crippen LogP contribution in [0.25, 0.3) is 28.0 Å². The number of aryl methyl sites for hydroxylation is 2. The average Bonchev–Trinajstić information content (AvgIpc) is 3.06. The molecule has 7 nitrogen and oxygen atoms in total. The highest BCUT2D eigenvalue weighted by Crippen LogP contribution is 2.35. The molecule has 0 aliphatic rings. The summed E-state index contributed by atoms with van der Waals surface area (Å²) in [5, 5.41) is 14.0. The maximum atomic E-state index is 9.28.